The second-order valence-corrected chi connectivity index (χ2v) is 5.50. The molecule has 0 saturated carbocycles. The second-order valence-electron chi connectivity index (χ2n) is 5.50. The van der Waals surface area contributed by atoms with E-state index in [1.807, 2.05) is 19.9 Å². The molecular weight excluding hydrogens is 308 g/mol. The van der Waals surface area contributed by atoms with Gasteiger partial charge < -0.3 is 15.7 Å². The molecule has 0 spiro atoms. The van der Waals surface area contributed by atoms with Crippen molar-refractivity contribution in [3.63, 3.8) is 0 Å². The van der Waals surface area contributed by atoms with Crippen molar-refractivity contribution in [1.29, 1.82) is 10.5 Å². The average Bonchev–Trinajstić information content (AvgIpc) is 2.54. The molecule has 1 aromatic rings. The lowest BCUT2D eigenvalue weighted by Gasteiger charge is -2.16. The van der Waals surface area contributed by atoms with E-state index in [1.54, 1.807) is 30.3 Å². The zero-order valence-corrected chi connectivity index (χ0v) is 13.4. The van der Waals surface area contributed by atoms with E-state index in [-0.39, 0.29) is 17.9 Å². The fraction of sp³-hybridized carbons (Fsp3) is 0.294. The molecule has 1 unspecified atom stereocenters. The third kappa shape index (κ3) is 5.82. The molecule has 1 amide bonds. The van der Waals surface area contributed by atoms with Gasteiger partial charge in [0.2, 0.25) is 0 Å². The van der Waals surface area contributed by atoms with Crippen LogP contribution in [0.4, 0.5) is 5.69 Å². The van der Waals surface area contributed by atoms with Gasteiger partial charge in [0.1, 0.15) is 17.7 Å². The first-order valence-corrected chi connectivity index (χ1v) is 7.28. The van der Waals surface area contributed by atoms with Crippen molar-refractivity contribution in [3.05, 3.63) is 41.6 Å². The smallest absolute Gasteiger partial charge is 0.326 e. The molecule has 0 fully saturated rings. The van der Waals surface area contributed by atoms with Crippen LogP contribution >= 0.6 is 0 Å². The topological polar surface area (TPSA) is 126 Å². The van der Waals surface area contributed by atoms with E-state index in [4.69, 9.17) is 15.6 Å². The summed E-state index contributed by atoms with van der Waals surface area (Å²) in [5, 5.41) is 32.0. The Morgan fingerprint density at radius 1 is 1.25 bits per heavy atom. The molecule has 7 nitrogen and oxygen atoms in total. The molecule has 0 saturated heterocycles. The summed E-state index contributed by atoms with van der Waals surface area (Å²) in [5.41, 5.74) is 0.835. The fourth-order valence-corrected chi connectivity index (χ4v) is 1.87. The number of aliphatic carboxylic acids is 1. The highest BCUT2D eigenvalue weighted by atomic mass is 16.4. The Bertz CT molecular complexity index is 709. The summed E-state index contributed by atoms with van der Waals surface area (Å²) in [6, 6.07) is 9.09. The number of carbonyl (C=O) groups excluding carboxylic acids is 1. The van der Waals surface area contributed by atoms with Crippen LogP contribution in [0.1, 0.15) is 25.8 Å². The Hall–Kier alpha value is -3.32. The Kier molecular flexibility index (Phi) is 6.99. The Morgan fingerprint density at radius 3 is 2.33 bits per heavy atom. The van der Waals surface area contributed by atoms with Crippen molar-refractivity contribution < 1.29 is 14.7 Å². The summed E-state index contributed by atoms with van der Waals surface area (Å²) < 4.78 is 0. The van der Waals surface area contributed by atoms with Crippen LogP contribution in [0, 0.1) is 28.6 Å². The first kappa shape index (κ1) is 18.7. The van der Waals surface area contributed by atoms with Crippen molar-refractivity contribution in [1.82, 2.24) is 5.32 Å². The van der Waals surface area contributed by atoms with E-state index in [9.17, 15) is 9.59 Å². The first-order chi connectivity index (χ1) is 11.4. The molecular formula is C17H18N4O3. The minimum absolute atomic E-state index is 0.0812. The van der Waals surface area contributed by atoms with E-state index < -0.39 is 17.9 Å². The number of anilines is 1. The Balaban J connectivity index is 2.79. The summed E-state index contributed by atoms with van der Waals surface area (Å²) in [4.78, 5) is 23.2. The third-order valence-corrected chi connectivity index (χ3v) is 3.07. The maximum Gasteiger partial charge on any atom is 0.326 e. The largest absolute Gasteiger partial charge is 0.480 e. The molecule has 7 heteroatoms. The van der Waals surface area contributed by atoms with Gasteiger partial charge in [0, 0.05) is 11.9 Å². The summed E-state index contributed by atoms with van der Waals surface area (Å²) in [5.74, 6) is -1.82. The lowest BCUT2D eigenvalue weighted by molar-refractivity contribution is -0.141. The number of nitrogens with one attached hydrogen (secondary N) is 2. The van der Waals surface area contributed by atoms with Crippen LogP contribution in [0.3, 0.4) is 0 Å². The van der Waals surface area contributed by atoms with Crippen LogP contribution in [0.5, 0.6) is 0 Å². The number of benzene rings is 1. The average molecular weight is 326 g/mol. The van der Waals surface area contributed by atoms with Crippen LogP contribution in [0.15, 0.2) is 36.0 Å². The van der Waals surface area contributed by atoms with Gasteiger partial charge in [-0.3, -0.25) is 4.79 Å². The van der Waals surface area contributed by atoms with Crippen molar-refractivity contribution in [3.8, 4) is 12.1 Å². The van der Waals surface area contributed by atoms with Crippen molar-refractivity contribution in [2.75, 3.05) is 5.32 Å². The maximum absolute atomic E-state index is 12.0. The standard InChI is InChI=1S/C17H18N4O3/c1-11(2)7-15(17(23)24)21-16(22)13(9-19)10-20-14-5-3-12(8-18)4-6-14/h3-6,10-11,15,20H,7H2,1-2H3,(H,21,22)(H,23,24)/b13-10-. The number of carboxylic acid groups (broad SMARTS) is 1. The molecule has 3 N–H and O–H groups in total. The van der Waals surface area contributed by atoms with Crippen LogP contribution in [0.25, 0.3) is 0 Å². The lowest BCUT2D eigenvalue weighted by atomic mass is 10.0. The second kappa shape index (κ2) is 8.96. The normalized spacial score (nSPS) is 12.0. The van der Waals surface area contributed by atoms with E-state index >= 15 is 0 Å². The van der Waals surface area contributed by atoms with Gasteiger partial charge in [-0.05, 0) is 36.6 Å². The highest BCUT2D eigenvalue weighted by molar-refractivity contribution is 5.99. The molecule has 0 radical (unpaired) electrons. The molecule has 1 aromatic carbocycles. The maximum atomic E-state index is 12.0. The minimum atomic E-state index is -1.14. The Labute approximate surface area is 140 Å². The molecule has 0 aliphatic heterocycles. The summed E-state index contributed by atoms with van der Waals surface area (Å²) in [6.07, 6.45) is 1.47. The number of hydrogen-bond acceptors (Lipinski definition) is 5. The molecule has 24 heavy (non-hydrogen) atoms. The Morgan fingerprint density at radius 2 is 1.88 bits per heavy atom. The first-order valence-electron chi connectivity index (χ1n) is 7.28. The molecule has 0 aromatic heterocycles. The van der Waals surface area contributed by atoms with Gasteiger partial charge in [-0.25, -0.2) is 4.79 Å². The van der Waals surface area contributed by atoms with E-state index in [0.717, 1.165) is 0 Å². The number of amides is 1. The molecule has 0 aliphatic carbocycles. The number of hydrogen-bond donors (Lipinski definition) is 3. The van der Waals surface area contributed by atoms with E-state index in [1.165, 1.54) is 6.20 Å². The highest BCUT2D eigenvalue weighted by Gasteiger charge is 2.22. The molecule has 0 bridgehead atoms. The zero-order valence-electron chi connectivity index (χ0n) is 13.4. The van der Waals surface area contributed by atoms with Gasteiger partial charge in [-0.15, -0.1) is 0 Å². The van der Waals surface area contributed by atoms with Gasteiger partial charge in [0.25, 0.3) is 5.91 Å². The number of nitriles is 2. The fourth-order valence-electron chi connectivity index (χ4n) is 1.87. The van der Waals surface area contributed by atoms with Gasteiger partial charge in [-0.2, -0.15) is 10.5 Å². The van der Waals surface area contributed by atoms with E-state index in [0.29, 0.717) is 11.3 Å². The molecule has 1 atom stereocenters. The molecule has 0 aliphatic rings. The van der Waals surface area contributed by atoms with Gasteiger partial charge >= 0.3 is 5.97 Å². The summed E-state index contributed by atoms with van der Waals surface area (Å²) in [6.45, 7) is 3.69. The van der Waals surface area contributed by atoms with Gasteiger partial charge in [0.05, 0.1) is 11.6 Å². The third-order valence-electron chi connectivity index (χ3n) is 3.07. The monoisotopic (exact) mass is 326 g/mol. The number of carbonyl (C=O) groups is 2. The predicted molar refractivity (Wildman–Crippen MR) is 87.5 cm³/mol. The zero-order chi connectivity index (χ0) is 18.1. The summed E-state index contributed by atoms with van der Waals surface area (Å²) in [7, 11) is 0. The van der Waals surface area contributed by atoms with Gasteiger partial charge in [0.15, 0.2) is 0 Å². The summed E-state index contributed by atoms with van der Waals surface area (Å²) >= 11 is 0. The van der Waals surface area contributed by atoms with Crippen molar-refractivity contribution >= 4 is 17.6 Å². The number of nitrogens with zero attached hydrogens (tertiary/aromatic N) is 2. The van der Waals surface area contributed by atoms with Crippen LogP contribution in [0.2, 0.25) is 0 Å². The lowest BCUT2D eigenvalue weighted by Crippen LogP contribution is -2.42. The quantitative estimate of drug-likeness (QED) is 0.519. The van der Waals surface area contributed by atoms with Crippen molar-refractivity contribution in [2.45, 2.75) is 26.3 Å². The van der Waals surface area contributed by atoms with Crippen molar-refractivity contribution in [2.24, 2.45) is 5.92 Å². The predicted octanol–water partition coefficient (Wildman–Crippen LogP) is 1.99. The minimum Gasteiger partial charge on any atom is -0.480 e. The molecule has 124 valence electrons. The van der Waals surface area contributed by atoms with Crippen LogP contribution < -0.4 is 10.6 Å². The highest BCUT2D eigenvalue weighted by Crippen LogP contribution is 2.10. The van der Waals surface area contributed by atoms with E-state index in [2.05, 4.69) is 10.6 Å². The molecule has 0 heterocycles. The number of rotatable bonds is 7. The van der Waals surface area contributed by atoms with Gasteiger partial charge in [-0.1, -0.05) is 13.8 Å². The number of carboxylic acids is 1. The SMILES string of the molecule is CC(C)CC(NC(=O)/C(C#N)=C\Nc1ccc(C#N)cc1)C(=O)O. The molecule has 1 rings (SSSR count). The van der Waals surface area contributed by atoms with Crippen LogP contribution in [-0.4, -0.2) is 23.0 Å². The van der Waals surface area contributed by atoms with Crippen LogP contribution in [-0.2, 0) is 9.59 Å².